The van der Waals surface area contributed by atoms with Crippen molar-refractivity contribution in [2.45, 2.75) is 54.7 Å². The van der Waals surface area contributed by atoms with Gasteiger partial charge in [0.25, 0.3) is 5.69 Å². The van der Waals surface area contributed by atoms with E-state index in [-0.39, 0.29) is 17.3 Å². The lowest BCUT2D eigenvalue weighted by molar-refractivity contribution is -0.384. The van der Waals surface area contributed by atoms with Crippen LogP contribution < -0.4 is 15.4 Å². The van der Waals surface area contributed by atoms with Crippen LogP contribution in [-0.4, -0.2) is 39.4 Å². The summed E-state index contributed by atoms with van der Waals surface area (Å²) in [5, 5.41) is 25.8. The molecule has 3 rings (SSSR count). The van der Waals surface area contributed by atoms with Gasteiger partial charge in [-0.15, -0.1) is 10.2 Å². The largest absolute Gasteiger partial charge is 0.495 e. The van der Waals surface area contributed by atoms with Gasteiger partial charge in [-0.2, -0.15) is 0 Å². The summed E-state index contributed by atoms with van der Waals surface area (Å²) in [6.07, 6.45) is 6.04. The Hall–Kier alpha value is -2.40. The van der Waals surface area contributed by atoms with Crippen LogP contribution in [0.3, 0.4) is 0 Å². The maximum Gasteiger partial charge on any atom is 0.271 e. The number of ether oxygens (including phenoxy) is 1. The number of hydrogen-bond donors (Lipinski definition) is 2. The molecule has 0 spiro atoms. The van der Waals surface area contributed by atoms with Gasteiger partial charge < -0.3 is 15.4 Å². The van der Waals surface area contributed by atoms with Crippen molar-refractivity contribution in [3.05, 3.63) is 28.3 Å². The lowest BCUT2D eigenvalue weighted by atomic mass is 9.96. The molecule has 1 aliphatic rings. The van der Waals surface area contributed by atoms with E-state index in [1.165, 1.54) is 67.7 Å². The molecular weight excluding hydrogens is 414 g/mol. The van der Waals surface area contributed by atoms with E-state index in [1.807, 2.05) is 0 Å². The third-order valence-electron chi connectivity index (χ3n) is 4.64. The van der Waals surface area contributed by atoms with Crippen LogP contribution in [0.4, 0.5) is 16.5 Å². The molecule has 2 N–H and O–H groups in total. The molecule has 0 radical (unpaired) electrons. The molecule has 0 saturated heterocycles. The van der Waals surface area contributed by atoms with Crippen molar-refractivity contribution in [1.29, 1.82) is 0 Å². The maximum absolute atomic E-state index is 12.6. The Morgan fingerprint density at radius 3 is 2.79 bits per heavy atom. The first-order chi connectivity index (χ1) is 14.0. The van der Waals surface area contributed by atoms with Crippen molar-refractivity contribution in [2.24, 2.45) is 0 Å². The number of non-ortho nitro benzene ring substituents is 1. The fraction of sp³-hybridized carbons (Fsp3) is 0.500. The van der Waals surface area contributed by atoms with Gasteiger partial charge >= 0.3 is 0 Å². The number of carbonyl (C=O) groups excluding carboxylic acids is 1. The fourth-order valence-corrected chi connectivity index (χ4v) is 5.06. The summed E-state index contributed by atoms with van der Waals surface area (Å²) in [5.41, 5.74) is 0.139. The van der Waals surface area contributed by atoms with Gasteiger partial charge in [0.05, 0.1) is 23.0 Å². The van der Waals surface area contributed by atoms with Crippen LogP contribution in [0.2, 0.25) is 0 Å². The summed E-state index contributed by atoms with van der Waals surface area (Å²) >= 11 is 2.72. The highest BCUT2D eigenvalue weighted by Gasteiger charge is 2.21. The number of carbonyl (C=O) groups is 1. The van der Waals surface area contributed by atoms with E-state index in [4.69, 9.17) is 4.74 Å². The second-order valence-corrected chi connectivity index (χ2v) is 9.31. The Morgan fingerprint density at radius 1 is 1.34 bits per heavy atom. The number of nitro groups is 1. The van der Waals surface area contributed by atoms with Crippen LogP contribution in [0, 0.1) is 10.1 Å². The Labute approximate surface area is 176 Å². The molecule has 29 heavy (non-hydrogen) atoms. The molecule has 1 unspecified atom stereocenters. The summed E-state index contributed by atoms with van der Waals surface area (Å²) in [7, 11) is 1.44. The molecule has 1 amide bonds. The van der Waals surface area contributed by atoms with Gasteiger partial charge in [-0.1, -0.05) is 42.4 Å². The first-order valence-electron chi connectivity index (χ1n) is 9.36. The zero-order valence-electron chi connectivity index (χ0n) is 16.2. The first kappa shape index (κ1) is 21.3. The van der Waals surface area contributed by atoms with Crippen LogP contribution in [-0.2, 0) is 4.79 Å². The molecule has 1 aromatic heterocycles. The molecule has 1 heterocycles. The average molecular weight is 438 g/mol. The van der Waals surface area contributed by atoms with Gasteiger partial charge in [0.2, 0.25) is 11.0 Å². The van der Waals surface area contributed by atoms with E-state index in [0.717, 1.165) is 18.0 Å². The van der Waals surface area contributed by atoms with Crippen LogP contribution >= 0.6 is 23.1 Å². The highest BCUT2D eigenvalue weighted by atomic mass is 32.2. The molecule has 11 heteroatoms. The number of nitro benzene ring substituents is 1. The third-order valence-corrected chi connectivity index (χ3v) is 6.68. The van der Waals surface area contributed by atoms with Crippen LogP contribution in [0.15, 0.2) is 22.5 Å². The van der Waals surface area contributed by atoms with Crippen molar-refractivity contribution >= 4 is 45.5 Å². The lowest BCUT2D eigenvalue weighted by Gasteiger charge is -2.21. The molecule has 1 aliphatic carbocycles. The highest BCUT2D eigenvalue weighted by molar-refractivity contribution is 8.02. The minimum Gasteiger partial charge on any atom is -0.495 e. The topological polar surface area (TPSA) is 119 Å². The van der Waals surface area contributed by atoms with E-state index >= 15 is 0 Å². The zero-order valence-corrected chi connectivity index (χ0v) is 17.8. The zero-order chi connectivity index (χ0) is 20.8. The van der Waals surface area contributed by atoms with Crippen molar-refractivity contribution < 1.29 is 14.5 Å². The molecule has 2 aromatic rings. The minimum absolute atomic E-state index is 0.121. The summed E-state index contributed by atoms with van der Waals surface area (Å²) in [6.45, 7) is 1.75. The number of hydrogen-bond acceptors (Lipinski definition) is 9. The van der Waals surface area contributed by atoms with Crippen molar-refractivity contribution in [3.8, 4) is 5.75 Å². The molecular formula is C18H23N5O4S2. The van der Waals surface area contributed by atoms with Gasteiger partial charge in [0.1, 0.15) is 5.75 Å². The summed E-state index contributed by atoms with van der Waals surface area (Å²) in [6, 6.07) is 4.51. The van der Waals surface area contributed by atoms with Crippen LogP contribution in [0.1, 0.15) is 39.0 Å². The normalized spacial score (nSPS) is 15.5. The number of benzene rings is 1. The number of anilines is 2. The van der Waals surface area contributed by atoms with Crippen molar-refractivity contribution in [3.63, 3.8) is 0 Å². The summed E-state index contributed by atoms with van der Waals surface area (Å²) in [4.78, 5) is 23.0. The highest BCUT2D eigenvalue weighted by Crippen LogP contribution is 2.33. The first-order valence-corrected chi connectivity index (χ1v) is 11.1. The molecule has 1 fully saturated rings. The van der Waals surface area contributed by atoms with Gasteiger partial charge in [-0.3, -0.25) is 14.9 Å². The summed E-state index contributed by atoms with van der Waals surface area (Å²) < 4.78 is 5.87. The monoisotopic (exact) mass is 437 g/mol. The number of aromatic nitrogens is 2. The van der Waals surface area contributed by atoms with E-state index in [2.05, 4.69) is 20.8 Å². The number of rotatable bonds is 8. The number of amides is 1. The van der Waals surface area contributed by atoms with Gasteiger partial charge in [-0.25, -0.2) is 0 Å². The number of nitrogens with one attached hydrogen (secondary N) is 2. The van der Waals surface area contributed by atoms with Crippen molar-refractivity contribution in [2.75, 3.05) is 17.7 Å². The second kappa shape index (κ2) is 9.88. The molecule has 1 saturated carbocycles. The molecule has 156 valence electrons. The Morgan fingerprint density at radius 2 is 2.10 bits per heavy atom. The standard InChI is InChI=1S/C18H23N5O4S2/c1-11(16(24)20-14-10-13(23(25)26)8-9-15(14)27-2)28-18-22-21-17(29-18)19-12-6-4-3-5-7-12/h8-12H,3-7H2,1-2H3,(H,19,21)(H,20,24). The quantitative estimate of drug-likeness (QED) is 0.356. The van der Waals surface area contributed by atoms with E-state index < -0.39 is 10.2 Å². The minimum atomic E-state index is -0.518. The van der Waals surface area contributed by atoms with Crippen LogP contribution in [0.25, 0.3) is 0 Å². The van der Waals surface area contributed by atoms with E-state index in [1.54, 1.807) is 6.92 Å². The second-order valence-electron chi connectivity index (χ2n) is 6.74. The van der Waals surface area contributed by atoms with Gasteiger partial charge in [0.15, 0.2) is 4.34 Å². The van der Waals surface area contributed by atoms with Gasteiger partial charge in [-0.05, 0) is 25.8 Å². The molecule has 1 atom stereocenters. The number of methoxy groups -OCH3 is 1. The SMILES string of the molecule is COc1ccc([N+](=O)[O-])cc1NC(=O)C(C)Sc1nnc(NC2CCCCC2)s1. The predicted octanol–water partition coefficient (Wildman–Crippen LogP) is 4.32. The lowest BCUT2D eigenvalue weighted by Crippen LogP contribution is -2.22. The van der Waals surface area contributed by atoms with Crippen LogP contribution in [0.5, 0.6) is 5.75 Å². The van der Waals surface area contributed by atoms with E-state index in [9.17, 15) is 14.9 Å². The summed E-state index contributed by atoms with van der Waals surface area (Å²) in [5.74, 6) is 0.0572. The fourth-order valence-electron chi connectivity index (χ4n) is 3.08. The number of thioether (sulfide) groups is 1. The Balaban J connectivity index is 1.59. The van der Waals surface area contributed by atoms with Crippen molar-refractivity contribution in [1.82, 2.24) is 10.2 Å². The molecule has 9 nitrogen and oxygen atoms in total. The van der Waals surface area contributed by atoms with Gasteiger partial charge in [0, 0.05) is 18.2 Å². The number of nitrogens with zero attached hydrogens (tertiary/aromatic N) is 3. The Bertz CT molecular complexity index is 870. The Kier molecular flexibility index (Phi) is 7.26. The smallest absolute Gasteiger partial charge is 0.271 e. The average Bonchev–Trinajstić information content (AvgIpc) is 3.15. The van der Waals surface area contributed by atoms with E-state index in [0.29, 0.717) is 16.1 Å². The molecule has 1 aromatic carbocycles. The maximum atomic E-state index is 12.6. The molecule has 0 bridgehead atoms. The predicted molar refractivity (Wildman–Crippen MR) is 114 cm³/mol. The molecule has 0 aliphatic heterocycles. The third kappa shape index (κ3) is 5.80.